The highest BCUT2D eigenvalue weighted by Gasteiger charge is 2.29. The SMILES string of the molecule is CCSc1ccccc1NC(=O)[C@@H](C)N(c1ccc(OC)cc1)S(C)(=O)=O. The Morgan fingerprint density at radius 3 is 2.37 bits per heavy atom. The molecule has 8 heteroatoms. The molecule has 0 unspecified atom stereocenters. The third kappa shape index (κ3) is 5.40. The predicted molar refractivity (Wildman–Crippen MR) is 111 cm³/mol. The molecule has 2 aromatic rings. The molecule has 0 spiro atoms. The fourth-order valence-electron chi connectivity index (χ4n) is 2.63. The summed E-state index contributed by atoms with van der Waals surface area (Å²) in [6.07, 6.45) is 1.09. The lowest BCUT2D eigenvalue weighted by Gasteiger charge is -2.28. The lowest BCUT2D eigenvalue weighted by molar-refractivity contribution is -0.116. The highest BCUT2D eigenvalue weighted by Crippen LogP contribution is 2.28. The van der Waals surface area contributed by atoms with Crippen molar-refractivity contribution < 1.29 is 17.9 Å². The molecule has 6 nitrogen and oxygen atoms in total. The van der Waals surface area contributed by atoms with Crippen LogP contribution < -0.4 is 14.4 Å². The summed E-state index contributed by atoms with van der Waals surface area (Å²) in [4.78, 5) is 13.7. The van der Waals surface area contributed by atoms with Gasteiger partial charge in [0.1, 0.15) is 11.8 Å². The standard InChI is InChI=1S/C19H24N2O4S2/c1-5-26-18-9-7-6-8-17(18)20-19(22)14(2)21(27(4,23)24)15-10-12-16(25-3)13-11-15/h6-14H,5H2,1-4H3,(H,20,22)/t14-/m1/s1. The molecule has 0 aliphatic carbocycles. The van der Waals surface area contributed by atoms with Gasteiger partial charge in [0.05, 0.1) is 24.7 Å². The van der Waals surface area contributed by atoms with Gasteiger partial charge in [0, 0.05) is 4.90 Å². The Labute approximate surface area is 165 Å². The molecule has 2 aromatic carbocycles. The summed E-state index contributed by atoms with van der Waals surface area (Å²) >= 11 is 1.61. The Morgan fingerprint density at radius 2 is 1.81 bits per heavy atom. The molecule has 146 valence electrons. The number of amides is 1. The van der Waals surface area contributed by atoms with Gasteiger partial charge in [-0.05, 0) is 49.1 Å². The van der Waals surface area contributed by atoms with E-state index < -0.39 is 22.0 Å². The van der Waals surface area contributed by atoms with E-state index in [-0.39, 0.29) is 0 Å². The lowest BCUT2D eigenvalue weighted by atomic mass is 10.2. The van der Waals surface area contributed by atoms with Crippen molar-refractivity contribution in [3.05, 3.63) is 48.5 Å². The van der Waals surface area contributed by atoms with Gasteiger partial charge in [-0.25, -0.2) is 8.42 Å². The minimum atomic E-state index is -3.67. The van der Waals surface area contributed by atoms with Crippen molar-refractivity contribution in [1.29, 1.82) is 0 Å². The number of nitrogens with one attached hydrogen (secondary N) is 1. The fraction of sp³-hybridized carbons (Fsp3) is 0.316. The fourth-order valence-corrected chi connectivity index (χ4v) is 4.56. The lowest BCUT2D eigenvalue weighted by Crippen LogP contribution is -2.45. The number of thioether (sulfide) groups is 1. The number of methoxy groups -OCH3 is 1. The van der Waals surface area contributed by atoms with Crippen molar-refractivity contribution in [3.63, 3.8) is 0 Å². The molecule has 0 bridgehead atoms. The molecule has 0 aromatic heterocycles. The summed E-state index contributed by atoms with van der Waals surface area (Å²) in [5.41, 5.74) is 1.07. The van der Waals surface area contributed by atoms with E-state index in [1.807, 2.05) is 25.1 Å². The first-order chi connectivity index (χ1) is 12.8. The first kappa shape index (κ1) is 21.1. The maximum absolute atomic E-state index is 12.8. The van der Waals surface area contributed by atoms with E-state index in [2.05, 4.69) is 5.32 Å². The molecule has 27 heavy (non-hydrogen) atoms. The number of carbonyl (C=O) groups is 1. The number of carbonyl (C=O) groups excluding carboxylic acids is 1. The normalized spacial score (nSPS) is 12.3. The monoisotopic (exact) mass is 408 g/mol. The van der Waals surface area contributed by atoms with Gasteiger partial charge >= 0.3 is 0 Å². The van der Waals surface area contributed by atoms with Crippen LogP contribution in [-0.2, 0) is 14.8 Å². The Morgan fingerprint density at radius 1 is 1.19 bits per heavy atom. The molecule has 0 aliphatic heterocycles. The average Bonchev–Trinajstić information content (AvgIpc) is 2.63. The molecule has 2 rings (SSSR count). The van der Waals surface area contributed by atoms with Crippen LogP contribution in [0, 0.1) is 0 Å². The molecule has 1 amide bonds. The molecule has 1 atom stereocenters. The number of hydrogen-bond acceptors (Lipinski definition) is 5. The highest BCUT2D eigenvalue weighted by molar-refractivity contribution is 7.99. The second kappa shape index (κ2) is 9.14. The van der Waals surface area contributed by atoms with Gasteiger partial charge < -0.3 is 10.1 Å². The third-order valence-corrected chi connectivity index (χ3v) is 6.06. The van der Waals surface area contributed by atoms with Gasteiger partial charge in [-0.3, -0.25) is 9.10 Å². The average molecular weight is 409 g/mol. The Hall–Kier alpha value is -2.19. The zero-order chi connectivity index (χ0) is 20.0. The first-order valence-corrected chi connectivity index (χ1v) is 11.3. The summed E-state index contributed by atoms with van der Waals surface area (Å²) in [5.74, 6) is 1.07. The number of sulfonamides is 1. The van der Waals surface area contributed by atoms with E-state index in [0.29, 0.717) is 17.1 Å². The molecule has 1 N–H and O–H groups in total. The van der Waals surface area contributed by atoms with Gasteiger partial charge in [-0.2, -0.15) is 0 Å². The maximum Gasteiger partial charge on any atom is 0.248 e. The second-order valence-corrected chi connectivity index (χ2v) is 9.02. The van der Waals surface area contributed by atoms with Crippen molar-refractivity contribution in [1.82, 2.24) is 0 Å². The molecular weight excluding hydrogens is 384 g/mol. The van der Waals surface area contributed by atoms with Crippen LogP contribution in [0.4, 0.5) is 11.4 Å². The predicted octanol–water partition coefficient (Wildman–Crippen LogP) is 3.60. The van der Waals surface area contributed by atoms with Crippen LogP contribution in [0.25, 0.3) is 0 Å². The Kier molecular flexibility index (Phi) is 7.15. The van der Waals surface area contributed by atoms with E-state index in [1.165, 1.54) is 7.11 Å². The topological polar surface area (TPSA) is 75.7 Å². The molecule has 0 aliphatic rings. The molecular formula is C19H24N2O4S2. The quantitative estimate of drug-likeness (QED) is 0.676. The number of para-hydroxylation sites is 1. The van der Waals surface area contributed by atoms with Gasteiger partial charge in [0.25, 0.3) is 0 Å². The summed E-state index contributed by atoms with van der Waals surface area (Å²) in [6.45, 7) is 3.59. The van der Waals surface area contributed by atoms with Crippen molar-refractivity contribution in [2.24, 2.45) is 0 Å². The van der Waals surface area contributed by atoms with Crippen molar-refractivity contribution in [2.45, 2.75) is 24.8 Å². The number of nitrogens with zero attached hydrogens (tertiary/aromatic N) is 1. The molecule has 0 saturated carbocycles. The maximum atomic E-state index is 12.8. The van der Waals surface area contributed by atoms with Crippen LogP contribution in [-0.4, -0.2) is 39.5 Å². The zero-order valence-corrected chi connectivity index (χ0v) is 17.4. The van der Waals surface area contributed by atoms with Crippen molar-refractivity contribution in [2.75, 3.05) is 28.7 Å². The number of rotatable bonds is 8. The van der Waals surface area contributed by atoms with E-state index in [1.54, 1.807) is 49.0 Å². The summed E-state index contributed by atoms with van der Waals surface area (Å²) < 4.78 is 30.9. The van der Waals surface area contributed by atoms with Crippen molar-refractivity contribution >= 4 is 39.1 Å². The van der Waals surface area contributed by atoms with Crippen LogP contribution in [0.15, 0.2) is 53.4 Å². The number of hydrogen-bond donors (Lipinski definition) is 1. The van der Waals surface area contributed by atoms with E-state index in [9.17, 15) is 13.2 Å². The second-order valence-electron chi connectivity index (χ2n) is 5.85. The molecule has 0 fully saturated rings. The molecule has 0 saturated heterocycles. The molecule has 0 heterocycles. The zero-order valence-electron chi connectivity index (χ0n) is 15.8. The van der Waals surface area contributed by atoms with Crippen molar-refractivity contribution in [3.8, 4) is 5.75 Å². The first-order valence-electron chi connectivity index (χ1n) is 8.44. The number of ether oxygens (including phenoxy) is 1. The third-order valence-electron chi connectivity index (χ3n) is 3.86. The van der Waals surface area contributed by atoms with Crippen LogP contribution in [0.1, 0.15) is 13.8 Å². The van der Waals surface area contributed by atoms with Crippen LogP contribution >= 0.6 is 11.8 Å². The number of anilines is 2. The van der Waals surface area contributed by atoms with Gasteiger partial charge in [0.2, 0.25) is 15.9 Å². The largest absolute Gasteiger partial charge is 0.497 e. The highest BCUT2D eigenvalue weighted by atomic mass is 32.2. The number of benzene rings is 2. The van der Waals surface area contributed by atoms with E-state index >= 15 is 0 Å². The minimum Gasteiger partial charge on any atom is -0.497 e. The minimum absolute atomic E-state index is 0.400. The van der Waals surface area contributed by atoms with Crippen LogP contribution in [0.3, 0.4) is 0 Å². The summed E-state index contributed by atoms with van der Waals surface area (Å²) in [6, 6.07) is 13.1. The van der Waals surface area contributed by atoms with E-state index in [4.69, 9.17) is 4.74 Å². The van der Waals surface area contributed by atoms with Gasteiger partial charge in [0.15, 0.2) is 0 Å². The molecule has 0 radical (unpaired) electrons. The van der Waals surface area contributed by atoms with E-state index in [0.717, 1.165) is 21.2 Å². The Bertz CT molecular complexity index is 883. The van der Waals surface area contributed by atoms with Gasteiger partial charge in [-0.1, -0.05) is 19.1 Å². The van der Waals surface area contributed by atoms with Gasteiger partial charge in [-0.15, -0.1) is 11.8 Å². The summed E-state index contributed by atoms with van der Waals surface area (Å²) in [5, 5.41) is 2.85. The summed E-state index contributed by atoms with van der Waals surface area (Å²) in [7, 11) is -2.14. The van der Waals surface area contributed by atoms with Crippen LogP contribution in [0.2, 0.25) is 0 Å². The Balaban J connectivity index is 2.30. The van der Waals surface area contributed by atoms with Crippen LogP contribution in [0.5, 0.6) is 5.75 Å². The smallest absolute Gasteiger partial charge is 0.248 e.